The molecule has 0 amide bonds. The van der Waals surface area contributed by atoms with E-state index in [4.69, 9.17) is 21.1 Å². The second kappa shape index (κ2) is 4.39. The van der Waals surface area contributed by atoms with E-state index in [2.05, 4.69) is 0 Å². The van der Waals surface area contributed by atoms with Gasteiger partial charge in [0, 0.05) is 23.1 Å². The summed E-state index contributed by atoms with van der Waals surface area (Å²) < 4.78 is 10.6. The summed E-state index contributed by atoms with van der Waals surface area (Å²) in [5.41, 5.74) is 1.88. The van der Waals surface area contributed by atoms with Gasteiger partial charge in [0.15, 0.2) is 6.79 Å². The Balaban J connectivity index is 2.50. The summed E-state index contributed by atoms with van der Waals surface area (Å²) in [5.74, 6) is 0.804. The Morgan fingerprint density at radius 3 is 3.07 bits per heavy atom. The maximum absolute atomic E-state index is 9.17. The quantitative estimate of drug-likeness (QED) is 0.844. The van der Waals surface area contributed by atoms with E-state index in [1.54, 1.807) is 6.07 Å². The largest absolute Gasteiger partial charge is 0.467 e. The van der Waals surface area contributed by atoms with Gasteiger partial charge >= 0.3 is 0 Å². The molecule has 0 saturated carbocycles. The van der Waals surface area contributed by atoms with Gasteiger partial charge in [-0.25, -0.2) is 0 Å². The number of halogens is 1. The lowest BCUT2D eigenvalue weighted by Gasteiger charge is -2.23. The van der Waals surface area contributed by atoms with Gasteiger partial charge in [-0.2, -0.15) is 0 Å². The third kappa shape index (κ3) is 1.95. The van der Waals surface area contributed by atoms with Crippen LogP contribution in [0.2, 0.25) is 5.02 Å². The SMILES string of the molecule is CC(CO)c1c(Cl)ccc2c1COCO2. The van der Waals surface area contributed by atoms with Crippen molar-refractivity contribution in [2.24, 2.45) is 0 Å². The number of ether oxygens (including phenoxy) is 2. The third-order valence-electron chi connectivity index (χ3n) is 2.57. The van der Waals surface area contributed by atoms with Crippen molar-refractivity contribution in [3.05, 3.63) is 28.3 Å². The first-order chi connectivity index (χ1) is 7.24. The first-order valence-electron chi connectivity index (χ1n) is 4.86. The smallest absolute Gasteiger partial charge is 0.189 e. The zero-order chi connectivity index (χ0) is 10.8. The summed E-state index contributed by atoms with van der Waals surface area (Å²) in [6, 6.07) is 3.64. The van der Waals surface area contributed by atoms with Gasteiger partial charge in [-0.05, 0) is 17.7 Å². The third-order valence-corrected chi connectivity index (χ3v) is 2.90. The Labute approximate surface area is 93.6 Å². The highest BCUT2D eigenvalue weighted by Gasteiger charge is 2.20. The summed E-state index contributed by atoms with van der Waals surface area (Å²) in [5, 5.41) is 9.83. The lowest BCUT2D eigenvalue weighted by molar-refractivity contribution is -0.0170. The second-order valence-corrected chi connectivity index (χ2v) is 4.04. The molecule has 1 unspecified atom stereocenters. The Kier molecular flexibility index (Phi) is 3.14. The molecule has 1 aromatic carbocycles. The van der Waals surface area contributed by atoms with Crippen LogP contribution in [0.1, 0.15) is 24.0 Å². The van der Waals surface area contributed by atoms with Gasteiger partial charge in [0.05, 0.1) is 6.61 Å². The fourth-order valence-electron chi connectivity index (χ4n) is 1.77. The minimum atomic E-state index is -0.00208. The first-order valence-corrected chi connectivity index (χ1v) is 5.24. The van der Waals surface area contributed by atoms with Crippen molar-refractivity contribution >= 4 is 11.6 Å². The maximum atomic E-state index is 9.17. The van der Waals surface area contributed by atoms with Crippen LogP contribution in [-0.2, 0) is 11.3 Å². The van der Waals surface area contributed by atoms with Crippen LogP contribution in [0.15, 0.2) is 12.1 Å². The summed E-state index contributed by atoms with van der Waals surface area (Å²) in [6.07, 6.45) is 0. The Bertz CT molecular complexity index is 365. The molecule has 4 heteroatoms. The van der Waals surface area contributed by atoms with Crippen molar-refractivity contribution < 1.29 is 14.6 Å². The van der Waals surface area contributed by atoms with Crippen molar-refractivity contribution in [2.75, 3.05) is 13.4 Å². The van der Waals surface area contributed by atoms with Crippen LogP contribution in [0.25, 0.3) is 0 Å². The lowest BCUT2D eigenvalue weighted by atomic mass is 9.95. The van der Waals surface area contributed by atoms with E-state index in [0.29, 0.717) is 11.6 Å². The van der Waals surface area contributed by atoms with E-state index in [9.17, 15) is 5.11 Å². The van der Waals surface area contributed by atoms with Crippen molar-refractivity contribution in [2.45, 2.75) is 19.4 Å². The molecule has 1 aromatic rings. The molecule has 82 valence electrons. The van der Waals surface area contributed by atoms with Gasteiger partial charge in [0.2, 0.25) is 0 Å². The number of aliphatic hydroxyl groups excluding tert-OH is 1. The van der Waals surface area contributed by atoms with Crippen LogP contribution in [0, 0.1) is 0 Å². The number of hydrogen-bond donors (Lipinski definition) is 1. The standard InChI is InChI=1S/C11H13ClO3/c1-7(4-13)11-8-5-14-6-15-10(8)3-2-9(11)12/h2-3,7,13H,4-6H2,1H3. The molecular formula is C11H13ClO3. The molecule has 0 fully saturated rings. The predicted octanol–water partition coefficient (Wildman–Crippen LogP) is 2.30. The van der Waals surface area contributed by atoms with Crippen molar-refractivity contribution in [3.8, 4) is 5.75 Å². The molecule has 1 N–H and O–H groups in total. The summed E-state index contributed by atoms with van der Waals surface area (Å²) in [6.45, 7) is 2.77. The van der Waals surface area contributed by atoms with E-state index in [0.717, 1.165) is 16.9 Å². The van der Waals surface area contributed by atoms with Gasteiger partial charge in [0.1, 0.15) is 5.75 Å². The van der Waals surface area contributed by atoms with Crippen molar-refractivity contribution in [3.63, 3.8) is 0 Å². The average molecular weight is 229 g/mol. The van der Waals surface area contributed by atoms with E-state index in [1.165, 1.54) is 0 Å². The Morgan fingerprint density at radius 2 is 2.33 bits per heavy atom. The van der Waals surface area contributed by atoms with E-state index in [-0.39, 0.29) is 19.3 Å². The normalized spacial score (nSPS) is 16.7. The zero-order valence-corrected chi connectivity index (χ0v) is 9.25. The summed E-state index contributed by atoms with van der Waals surface area (Å²) in [7, 11) is 0. The second-order valence-electron chi connectivity index (χ2n) is 3.63. The highest BCUT2D eigenvalue weighted by Crippen LogP contribution is 2.36. The molecule has 0 aromatic heterocycles. The molecule has 1 atom stereocenters. The molecule has 3 nitrogen and oxygen atoms in total. The topological polar surface area (TPSA) is 38.7 Å². The fraction of sp³-hybridized carbons (Fsp3) is 0.455. The molecule has 2 rings (SSSR count). The number of fused-ring (bicyclic) bond motifs is 1. The number of aliphatic hydroxyl groups is 1. The maximum Gasteiger partial charge on any atom is 0.189 e. The van der Waals surface area contributed by atoms with Crippen molar-refractivity contribution in [1.29, 1.82) is 0 Å². The van der Waals surface area contributed by atoms with Gasteiger partial charge in [-0.3, -0.25) is 0 Å². The minimum Gasteiger partial charge on any atom is -0.467 e. The van der Waals surface area contributed by atoms with Gasteiger partial charge < -0.3 is 14.6 Å². The highest BCUT2D eigenvalue weighted by atomic mass is 35.5. The first kappa shape index (κ1) is 10.7. The predicted molar refractivity (Wildman–Crippen MR) is 57.2 cm³/mol. The molecule has 1 aliphatic heterocycles. The van der Waals surface area contributed by atoms with Gasteiger partial charge in [-0.15, -0.1) is 0 Å². The molecular weight excluding hydrogens is 216 g/mol. The molecule has 0 radical (unpaired) electrons. The minimum absolute atomic E-state index is 0.00208. The Hall–Kier alpha value is -0.770. The van der Waals surface area contributed by atoms with Crippen LogP contribution < -0.4 is 4.74 Å². The lowest BCUT2D eigenvalue weighted by Crippen LogP contribution is -2.15. The van der Waals surface area contributed by atoms with Crippen LogP contribution in [0.3, 0.4) is 0 Å². The molecule has 15 heavy (non-hydrogen) atoms. The molecule has 1 heterocycles. The highest BCUT2D eigenvalue weighted by molar-refractivity contribution is 6.31. The van der Waals surface area contributed by atoms with E-state index < -0.39 is 0 Å². The monoisotopic (exact) mass is 228 g/mol. The van der Waals surface area contributed by atoms with Gasteiger partial charge in [-0.1, -0.05) is 18.5 Å². The molecule has 1 aliphatic rings. The zero-order valence-electron chi connectivity index (χ0n) is 8.50. The van der Waals surface area contributed by atoms with Crippen LogP contribution in [-0.4, -0.2) is 18.5 Å². The van der Waals surface area contributed by atoms with Gasteiger partial charge in [0.25, 0.3) is 0 Å². The molecule has 0 saturated heterocycles. The summed E-state index contributed by atoms with van der Waals surface area (Å²) >= 11 is 6.11. The number of benzene rings is 1. The Morgan fingerprint density at radius 1 is 1.53 bits per heavy atom. The van der Waals surface area contributed by atoms with Crippen LogP contribution in [0.5, 0.6) is 5.75 Å². The number of rotatable bonds is 2. The van der Waals surface area contributed by atoms with Crippen LogP contribution >= 0.6 is 11.6 Å². The average Bonchev–Trinajstić information content (AvgIpc) is 2.28. The van der Waals surface area contributed by atoms with E-state index >= 15 is 0 Å². The van der Waals surface area contributed by atoms with E-state index in [1.807, 2.05) is 13.0 Å². The van der Waals surface area contributed by atoms with Crippen LogP contribution in [0.4, 0.5) is 0 Å². The van der Waals surface area contributed by atoms with Crippen molar-refractivity contribution in [1.82, 2.24) is 0 Å². The summed E-state index contributed by atoms with van der Waals surface area (Å²) in [4.78, 5) is 0. The molecule has 0 spiro atoms. The number of hydrogen-bond acceptors (Lipinski definition) is 3. The molecule has 0 aliphatic carbocycles. The fourth-order valence-corrected chi connectivity index (χ4v) is 2.14. The molecule has 0 bridgehead atoms.